The highest BCUT2D eigenvalue weighted by molar-refractivity contribution is 7.12. The van der Waals surface area contributed by atoms with Crippen LogP contribution in [0.4, 0.5) is 5.82 Å². The summed E-state index contributed by atoms with van der Waals surface area (Å²) in [5.74, 6) is -0.0247. The van der Waals surface area contributed by atoms with Crippen molar-refractivity contribution >= 4 is 33.9 Å². The van der Waals surface area contributed by atoms with Crippen LogP contribution in [-0.2, 0) is 0 Å². The van der Waals surface area contributed by atoms with E-state index < -0.39 is 5.92 Å². The molecule has 1 aromatic carbocycles. The molecule has 4 aromatic rings. The number of aliphatic imine (C=N–C) groups is 1. The minimum absolute atomic E-state index is 0.246. The molecule has 2 unspecified atom stereocenters. The molecule has 2 atom stereocenters. The number of H-pyrrole nitrogens is 1. The van der Waals surface area contributed by atoms with Gasteiger partial charge in [-0.3, -0.25) is 5.10 Å². The predicted octanol–water partition coefficient (Wildman–Crippen LogP) is 3.41. The zero-order valence-electron chi connectivity index (χ0n) is 12.7. The Labute approximate surface area is 145 Å². The highest BCUT2D eigenvalue weighted by atomic mass is 32.1. The fourth-order valence-electron chi connectivity index (χ4n) is 3.33. The van der Waals surface area contributed by atoms with Crippen molar-refractivity contribution in [2.75, 3.05) is 0 Å². The summed E-state index contributed by atoms with van der Waals surface area (Å²) >= 11 is 1.57. The number of nitriles is 1. The molecule has 3 aromatic heterocycles. The zero-order valence-corrected chi connectivity index (χ0v) is 13.6. The molecule has 4 heterocycles. The van der Waals surface area contributed by atoms with Crippen LogP contribution in [0, 0.1) is 17.2 Å². The van der Waals surface area contributed by atoms with E-state index in [0.29, 0.717) is 16.9 Å². The zero-order chi connectivity index (χ0) is 16.8. The van der Waals surface area contributed by atoms with Crippen molar-refractivity contribution in [3.05, 3.63) is 57.9 Å². The first kappa shape index (κ1) is 14.1. The molecule has 0 radical (unpaired) electrons. The van der Waals surface area contributed by atoms with Gasteiger partial charge in [-0.15, -0.1) is 11.3 Å². The molecule has 8 heteroatoms. The van der Waals surface area contributed by atoms with Crippen LogP contribution in [0.3, 0.4) is 0 Å². The van der Waals surface area contributed by atoms with Crippen molar-refractivity contribution in [2.24, 2.45) is 10.9 Å². The molecule has 0 amide bonds. The number of thiophene rings is 1. The number of hydrogen-bond acceptors (Lipinski definition) is 7. The van der Waals surface area contributed by atoms with Crippen LogP contribution < -0.4 is 0 Å². The summed E-state index contributed by atoms with van der Waals surface area (Å²) in [6.07, 6.45) is 1.73. The van der Waals surface area contributed by atoms with Crippen LogP contribution in [0.5, 0.6) is 0 Å². The van der Waals surface area contributed by atoms with E-state index in [9.17, 15) is 5.26 Å². The summed E-state index contributed by atoms with van der Waals surface area (Å²) in [6.45, 7) is 0. The van der Waals surface area contributed by atoms with E-state index in [-0.39, 0.29) is 5.92 Å². The Morgan fingerprint density at radius 3 is 2.96 bits per heavy atom. The van der Waals surface area contributed by atoms with Crippen LogP contribution in [0.1, 0.15) is 21.9 Å². The smallest absolute Gasteiger partial charge is 0.152 e. The maximum absolute atomic E-state index is 9.96. The topological polar surface area (TPSA) is 104 Å². The molecular weight excluding hydrogens is 336 g/mol. The van der Waals surface area contributed by atoms with Crippen molar-refractivity contribution in [3.63, 3.8) is 0 Å². The Morgan fingerprint density at radius 2 is 2.12 bits per heavy atom. The van der Waals surface area contributed by atoms with Gasteiger partial charge in [0, 0.05) is 16.4 Å². The first-order valence-corrected chi connectivity index (χ1v) is 8.51. The summed E-state index contributed by atoms with van der Waals surface area (Å²) in [6, 6.07) is 12.1. The van der Waals surface area contributed by atoms with E-state index in [1.54, 1.807) is 17.5 Å². The van der Waals surface area contributed by atoms with Gasteiger partial charge >= 0.3 is 0 Å². The van der Waals surface area contributed by atoms with Crippen LogP contribution in [0.25, 0.3) is 11.0 Å². The molecule has 5 rings (SSSR count). The average Bonchev–Trinajstić information content (AvgIpc) is 3.40. The highest BCUT2D eigenvalue weighted by Crippen LogP contribution is 2.44. The number of rotatable bonds is 2. The predicted molar refractivity (Wildman–Crippen MR) is 91.9 cm³/mol. The molecule has 7 nitrogen and oxygen atoms in total. The van der Waals surface area contributed by atoms with E-state index in [1.165, 1.54) is 0 Å². The average molecular weight is 346 g/mol. The number of nitrogens with zero attached hydrogens (tertiary/aromatic N) is 5. The first-order chi connectivity index (χ1) is 12.4. The SMILES string of the molecule is N#CC1C(c2cccs2)=Nc2[nH]ncc2C1c1cccc2nonc12. The van der Waals surface area contributed by atoms with Gasteiger partial charge in [0.2, 0.25) is 0 Å². The van der Waals surface area contributed by atoms with Gasteiger partial charge in [0.25, 0.3) is 0 Å². The third-order valence-corrected chi connectivity index (χ3v) is 5.30. The van der Waals surface area contributed by atoms with E-state index in [1.807, 2.05) is 35.7 Å². The summed E-state index contributed by atoms with van der Waals surface area (Å²) in [4.78, 5) is 5.64. The second-order valence-electron chi connectivity index (χ2n) is 5.71. The van der Waals surface area contributed by atoms with Crippen molar-refractivity contribution in [3.8, 4) is 6.07 Å². The number of aromatic amines is 1. The third kappa shape index (κ3) is 2.03. The molecule has 1 N–H and O–H groups in total. The number of aromatic nitrogens is 4. The number of nitrogens with one attached hydrogen (secondary N) is 1. The second-order valence-corrected chi connectivity index (χ2v) is 6.66. The quantitative estimate of drug-likeness (QED) is 0.599. The molecule has 0 saturated carbocycles. The van der Waals surface area contributed by atoms with E-state index in [0.717, 1.165) is 21.7 Å². The van der Waals surface area contributed by atoms with Crippen molar-refractivity contribution in [2.45, 2.75) is 5.92 Å². The van der Waals surface area contributed by atoms with Gasteiger partial charge in [0.1, 0.15) is 17.0 Å². The lowest BCUT2D eigenvalue weighted by Crippen LogP contribution is -2.25. The normalized spacial score (nSPS) is 19.4. The summed E-state index contributed by atoms with van der Waals surface area (Å²) in [7, 11) is 0. The van der Waals surface area contributed by atoms with E-state index in [4.69, 9.17) is 4.63 Å². The Kier molecular flexibility index (Phi) is 3.02. The summed E-state index contributed by atoms with van der Waals surface area (Å²) < 4.78 is 4.90. The van der Waals surface area contributed by atoms with Gasteiger partial charge in [0.05, 0.1) is 18.0 Å². The second kappa shape index (κ2) is 5.36. The van der Waals surface area contributed by atoms with Crippen LogP contribution >= 0.6 is 11.3 Å². The molecule has 1 aliphatic rings. The van der Waals surface area contributed by atoms with E-state index >= 15 is 0 Å². The van der Waals surface area contributed by atoms with Crippen LogP contribution in [0.2, 0.25) is 0 Å². The Morgan fingerprint density at radius 1 is 1.16 bits per heavy atom. The minimum Gasteiger partial charge on any atom is -0.261 e. The van der Waals surface area contributed by atoms with Crippen LogP contribution in [-0.4, -0.2) is 26.2 Å². The van der Waals surface area contributed by atoms with Crippen molar-refractivity contribution < 1.29 is 4.63 Å². The lowest BCUT2D eigenvalue weighted by molar-refractivity contribution is 0.315. The number of hydrogen-bond donors (Lipinski definition) is 1. The molecular formula is C17H10N6OS. The van der Waals surface area contributed by atoms with Gasteiger partial charge in [-0.05, 0) is 33.4 Å². The number of fused-ring (bicyclic) bond motifs is 2. The fourth-order valence-corrected chi connectivity index (χ4v) is 4.08. The lowest BCUT2D eigenvalue weighted by Gasteiger charge is -2.26. The number of benzene rings is 1. The first-order valence-electron chi connectivity index (χ1n) is 7.63. The van der Waals surface area contributed by atoms with Gasteiger partial charge < -0.3 is 0 Å². The Balaban J connectivity index is 1.78. The van der Waals surface area contributed by atoms with Gasteiger partial charge in [-0.25, -0.2) is 9.62 Å². The Hall–Kier alpha value is -3.31. The molecule has 25 heavy (non-hydrogen) atoms. The van der Waals surface area contributed by atoms with Gasteiger partial charge in [-0.1, -0.05) is 18.2 Å². The highest BCUT2D eigenvalue weighted by Gasteiger charge is 2.38. The van der Waals surface area contributed by atoms with Gasteiger partial charge in [-0.2, -0.15) is 10.4 Å². The maximum Gasteiger partial charge on any atom is 0.152 e. The summed E-state index contributed by atoms with van der Waals surface area (Å²) in [5, 5.41) is 27.0. The van der Waals surface area contributed by atoms with Crippen LogP contribution in [0.15, 0.2) is 51.5 Å². The maximum atomic E-state index is 9.96. The van der Waals surface area contributed by atoms with Crippen molar-refractivity contribution in [1.82, 2.24) is 20.5 Å². The molecule has 1 aliphatic heterocycles. The monoisotopic (exact) mass is 346 g/mol. The molecule has 0 spiro atoms. The molecule has 0 fully saturated rings. The third-order valence-electron chi connectivity index (χ3n) is 4.41. The van der Waals surface area contributed by atoms with Crippen molar-refractivity contribution in [1.29, 1.82) is 5.26 Å². The largest absolute Gasteiger partial charge is 0.261 e. The van der Waals surface area contributed by atoms with Gasteiger partial charge in [0.15, 0.2) is 5.82 Å². The Bertz CT molecular complexity index is 1130. The summed E-state index contributed by atoms with van der Waals surface area (Å²) in [5.41, 5.74) is 3.83. The molecule has 0 bridgehead atoms. The molecule has 120 valence electrons. The lowest BCUT2D eigenvalue weighted by atomic mass is 9.77. The van der Waals surface area contributed by atoms with E-state index in [2.05, 4.69) is 31.6 Å². The standard InChI is InChI=1S/C17H10N6OS/c18-7-10-14(9-3-1-4-12-15(9)23-24-22-12)11-8-19-21-17(11)20-16(10)13-5-2-6-25-13/h1-6,8,10,14H,(H,19,21). The molecule has 0 aliphatic carbocycles. The minimum atomic E-state index is -0.453. The fraction of sp³-hybridized carbons (Fsp3) is 0.118. The molecule has 0 saturated heterocycles.